The summed E-state index contributed by atoms with van der Waals surface area (Å²) in [5.74, 6) is -1.06. The van der Waals surface area contributed by atoms with Crippen LogP contribution in [0.1, 0.15) is 41.4 Å². The van der Waals surface area contributed by atoms with E-state index in [4.69, 9.17) is 4.74 Å². The summed E-state index contributed by atoms with van der Waals surface area (Å²) in [6, 6.07) is 13.9. The Kier molecular flexibility index (Phi) is 4.98. The Morgan fingerprint density at radius 2 is 1.81 bits per heavy atom. The quantitative estimate of drug-likeness (QED) is 0.913. The summed E-state index contributed by atoms with van der Waals surface area (Å²) in [6.45, 7) is 3.84. The monoisotopic (exact) mass is 353 g/mol. The van der Waals surface area contributed by atoms with E-state index in [1.165, 1.54) is 0 Å². The number of hydrogen-bond donors (Lipinski definition) is 1. The average Bonchev–Trinajstić information content (AvgIpc) is 2.77. The van der Waals surface area contributed by atoms with E-state index in [1.54, 1.807) is 30.2 Å². The van der Waals surface area contributed by atoms with Crippen molar-refractivity contribution in [2.75, 3.05) is 7.11 Å². The molecule has 1 N–H and O–H groups in total. The van der Waals surface area contributed by atoms with Gasteiger partial charge in [-0.3, -0.25) is 9.59 Å². The fraction of sp³-hybridized carbons (Fsp3) is 0.333. The lowest BCUT2D eigenvalue weighted by atomic mass is 9.87. The van der Waals surface area contributed by atoms with Crippen LogP contribution in [0.15, 0.2) is 48.5 Å². The molecule has 26 heavy (non-hydrogen) atoms. The zero-order valence-corrected chi connectivity index (χ0v) is 15.2. The summed E-state index contributed by atoms with van der Waals surface area (Å²) in [7, 11) is 1.58. The Labute approximate surface area is 153 Å². The molecular formula is C21H23NO4. The van der Waals surface area contributed by atoms with Crippen LogP contribution in [-0.2, 0) is 11.2 Å². The number of fused-ring (bicyclic) bond motifs is 1. The van der Waals surface area contributed by atoms with Crippen molar-refractivity contribution in [3.8, 4) is 5.75 Å². The summed E-state index contributed by atoms with van der Waals surface area (Å²) in [5, 5.41) is 9.94. The molecule has 5 nitrogen and oxygen atoms in total. The van der Waals surface area contributed by atoms with Gasteiger partial charge in [0.05, 0.1) is 19.1 Å². The Morgan fingerprint density at radius 3 is 2.38 bits per heavy atom. The zero-order valence-electron chi connectivity index (χ0n) is 15.2. The lowest BCUT2D eigenvalue weighted by Crippen LogP contribution is -2.43. The maximum Gasteiger partial charge on any atom is 0.309 e. The Morgan fingerprint density at radius 1 is 1.15 bits per heavy atom. The topological polar surface area (TPSA) is 66.8 Å². The summed E-state index contributed by atoms with van der Waals surface area (Å²) in [4.78, 5) is 27.1. The highest BCUT2D eigenvalue weighted by molar-refractivity contribution is 5.97. The van der Waals surface area contributed by atoms with Crippen molar-refractivity contribution in [1.29, 1.82) is 0 Å². The van der Waals surface area contributed by atoms with E-state index in [0.29, 0.717) is 17.7 Å². The van der Waals surface area contributed by atoms with Gasteiger partial charge in [-0.2, -0.15) is 0 Å². The Bertz CT molecular complexity index is 813. The van der Waals surface area contributed by atoms with Gasteiger partial charge >= 0.3 is 5.97 Å². The second kappa shape index (κ2) is 7.20. The summed E-state index contributed by atoms with van der Waals surface area (Å²) in [6.07, 6.45) is 0.317. The van der Waals surface area contributed by atoms with Crippen LogP contribution in [0.5, 0.6) is 5.75 Å². The molecule has 0 radical (unpaired) electrons. The molecule has 0 spiro atoms. The molecule has 1 aliphatic heterocycles. The van der Waals surface area contributed by atoms with Crippen molar-refractivity contribution < 1.29 is 19.4 Å². The van der Waals surface area contributed by atoms with E-state index < -0.39 is 17.9 Å². The predicted molar refractivity (Wildman–Crippen MR) is 98.3 cm³/mol. The standard InChI is InChI=1S/C21H23NO4/c1-13(2)22-19(14-8-10-16(26-3)11-9-14)18(21(24)25)12-15-6-4-5-7-17(15)20(22)23/h4-11,13,18-19H,12H2,1-3H3,(H,24,25)/t18-,19+/m0/s1. The van der Waals surface area contributed by atoms with Gasteiger partial charge in [0, 0.05) is 11.6 Å². The number of aliphatic carboxylic acids is 1. The minimum absolute atomic E-state index is 0.125. The SMILES string of the molecule is COc1ccc([C@@H]2[C@@H](C(=O)O)Cc3ccccc3C(=O)N2C(C)C)cc1. The molecule has 1 heterocycles. The van der Waals surface area contributed by atoms with E-state index >= 15 is 0 Å². The highest BCUT2D eigenvalue weighted by atomic mass is 16.5. The van der Waals surface area contributed by atoms with Gasteiger partial charge in [0.25, 0.3) is 5.91 Å². The normalized spacial score (nSPS) is 19.8. The number of carbonyl (C=O) groups is 2. The minimum atomic E-state index is -0.902. The first-order chi connectivity index (χ1) is 12.4. The third-order valence-electron chi connectivity index (χ3n) is 4.93. The molecule has 3 rings (SSSR count). The highest BCUT2D eigenvalue weighted by Gasteiger charge is 2.41. The van der Waals surface area contributed by atoms with Crippen molar-refractivity contribution in [2.24, 2.45) is 5.92 Å². The van der Waals surface area contributed by atoms with Crippen LogP contribution in [0.25, 0.3) is 0 Å². The number of benzene rings is 2. The van der Waals surface area contributed by atoms with Crippen LogP contribution in [0.3, 0.4) is 0 Å². The van der Waals surface area contributed by atoms with E-state index in [2.05, 4.69) is 0 Å². The maximum atomic E-state index is 13.3. The predicted octanol–water partition coefficient (Wildman–Crippen LogP) is 3.54. The van der Waals surface area contributed by atoms with Crippen LogP contribution >= 0.6 is 0 Å². The van der Waals surface area contributed by atoms with Crippen molar-refractivity contribution in [2.45, 2.75) is 32.4 Å². The molecule has 2 atom stereocenters. The number of carboxylic acid groups (broad SMARTS) is 1. The lowest BCUT2D eigenvalue weighted by molar-refractivity contribution is -0.144. The molecule has 0 fully saturated rings. The molecule has 5 heteroatoms. The zero-order chi connectivity index (χ0) is 18.8. The van der Waals surface area contributed by atoms with Gasteiger partial charge in [-0.05, 0) is 49.6 Å². The first-order valence-electron chi connectivity index (χ1n) is 8.71. The number of rotatable bonds is 4. The van der Waals surface area contributed by atoms with Gasteiger partial charge in [0.2, 0.25) is 0 Å². The largest absolute Gasteiger partial charge is 0.497 e. The molecule has 0 unspecified atom stereocenters. The van der Waals surface area contributed by atoms with Gasteiger partial charge in [-0.25, -0.2) is 0 Å². The summed E-state index contributed by atoms with van der Waals surface area (Å²) in [5.41, 5.74) is 2.17. The van der Waals surface area contributed by atoms with E-state index in [0.717, 1.165) is 11.1 Å². The molecular weight excluding hydrogens is 330 g/mol. The van der Waals surface area contributed by atoms with Crippen molar-refractivity contribution in [3.05, 3.63) is 65.2 Å². The Hall–Kier alpha value is -2.82. The summed E-state index contributed by atoms with van der Waals surface area (Å²) >= 11 is 0. The van der Waals surface area contributed by atoms with E-state index in [1.807, 2.05) is 44.2 Å². The van der Waals surface area contributed by atoms with Crippen LogP contribution in [0.4, 0.5) is 0 Å². The molecule has 0 saturated carbocycles. The number of hydrogen-bond acceptors (Lipinski definition) is 3. The molecule has 2 aromatic rings. The molecule has 0 saturated heterocycles. The van der Waals surface area contributed by atoms with Crippen molar-refractivity contribution in [1.82, 2.24) is 4.90 Å². The molecule has 1 amide bonds. The fourth-order valence-corrected chi connectivity index (χ4v) is 3.69. The molecule has 0 aliphatic carbocycles. The third-order valence-corrected chi connectivity index (χ3v) is 4.93. The van der Waals surface area contributed by atoms with Crippen LogP contribution in [0, 0.1) is 5.92 Å². The van der Waals surface area contributed by atoms with Crippen molar-refractivity contribution >= 4 is 11.9 Å². The first kappa shape index (κ1) is 18.0. The van der Waals surface area contributed by atoms with Crippen LogP contribution in [-0.4, -0.2) is 35.0 Å². The van der Waals surface area contributed by atoms with Gasteiger partial charge in [-0.15, -0.1) is 0 Å². The minimum Gasteiger partial charge on any atom is -0.497 e. The summed E-state index contributed by atoms with van der Waals surface area (Å²) < 4.78 is 5.20. The van der Waals surface area contributed by atoms with Crippen molar-refractivity contribution in [3.63, 3.8) is 0 Å². The smallest absolute Gasteiger partial charge is 0.309 e. The van der Waals surface area contributed by atoms with Gasteiger partial charge in [0.1, 0.15) is 5.75 Å². The van der Waals surface area contributed by atoms with E-state index in [-0.39, 0.29) is 11.9 Å². The fourth-order valence-electron chi connectivity index (χ4n) is 3.69. The second-order valence-electron chi connectivity index (χ2n) is 6.83. The van der Waals surface area contributed by atoms with Crippen LogP contribution in [0.2, 0.25) is 0 Å². The lowest BCUT2D eigenvalue weighted by Gasteiger charge is -2.37. The molecule has 2 aromatic carbocycles. The second-order valence-corrected chi connectivity index (χ2v) is 6.83. The average molecular weight is 353 g/mol. The number of ether oxygens (including phenoxy) is 1. The maximum absolute atomic E-state index is 13.3. The van der Waals surface area contributed by atoms with Crippen LogP contribution < -0.4 is 4.74 Å². The Balaban J connectivity index is 2.17. The number of nitrogens with zero attached hydrogens (tertiary/aromatic N) is 1. The number of carboxylic acids is 1. The van der Waals surface area contributed by atoms with Gasteiger partial charge in [-0.1, -0.05) is 30.3 Å². The number of methoxy groups -OCH3 is 1. The molecule has 0 bridgehead atoms. The van der Waals surface area contributed by atoms with E-state index in [9.17, 15) is 14.7 Å². The van der Waals surface area contributed by atoms with Gasteiger partial charge in [0.15, 0.2) is 0 Å². The molecule has 0 aromatic heterocycles. The first-order valence-corrected chi connectivity index (χ1v) is 8.71. The molecule has 136 valence electrons. The highest BCUT2D eigenvalue weighted by Crippen LogP contribution is 2.38. The van der Waals surface area contributed by atoms with Gasteiger partial charge < -0.3 is 14.7 Å². The third kappa shape index (κ3) is 3.17. The molecule has 1 aliphatic rings. The number of amides is 1. The number of carbonyl (C=O) groups excluding carboxylic acids is 1.